The van der Waals surface area contributed by atoms with Gasteiger partial charge in [-0.3, -0.25) is 0 Å². The van der Waals surface area contributed by atoms with Gasteiger partial charge in [0.25, 0.3) is 0 Å². The van der Waals surface area contributed by atoms with Crippen LogP contribution in [0.4, 0.5) is 4.79 Å². The number of urea groups is 1. The number of rotatable bonds is 2. The van der Waals surface area contributed by atoms with Crippen molar-refractivity contribution < 1.29 is 9.53 Å². The third-order valence-corrected chi connectivity index (χ3v) is 2.98. The average molecular weight is 231 g/mol. The van der Waals surface area contributed by atoms with Crippen molar-refractivity contribution in [3.8, 4) is 11.9 Å². The van der Waals surface area contributed by atoms with Gasteiger partial charge in [0.2, 0.25) is 0 Å². The summed E-state index contributed by atoms with van der Waals surface area (Å²) in [6, 6.07) is 7.19. The van der Waals surface area contributed by atoms with Gasteiger partial charge in [-0.1, -0.05) is 12.1 Å². The highest BCUT2D eigenvalue weighted by atomic mass is 16.5. The standard InChI is InChI=1S/C12H13N3O2/c1-14-11(7-15(8-13)12(14)16)9-3-5-10(17-2)6-4-9/h3-6,11H,7H2,1-2H3. The molecular formula is C12H13N3O2. The number of methoxy groups -OCH3 is 1. The lowest BCUT2D eigenvalue weighted by atomic mass is 10.1. The van der Waals surface area contributed by atoms with Crippen LogP contribution in [-0.4, -0.2) is 36.5 Å². The van der Waals surface area contributed by atoms with Crippen LogP contribution in [0, 0.1) is 11.5 Å². The van der Waals surface area contributed by atoms with Gasteiger partial charge in [-0.25, -0.2) is 9.69 Å². The second-order valence-electron chi connectivity index (χ2n) is 3.89. The minimum Gasteiger partial charge on any atom is -0.497 e. The second kappa shape index (κ2) is 4.34. The molecule has 1 unspecified atom stereocenters. The van der Waals surface area contributed by atoms with Gasteiger partial charge in [-0.2, -0.15) is 5.26 Å². The zero-order valence-electron chi connectivity index (χ0n) is 9.75. The van der Waals surface area contributed by atoms with Crippen LogP contribution in [0.25, 0.3) is 0 Å². The largest absolute Gasteiger partial charge is 0.497 e. The molecule has 1 atom stereocenters. The number of likely N-dealkylation sites (N-methyl/N-ethyl adjacent to an activating group) is 1. The first kappa shape index (κ1) is 11.3. The zero-order chi connectivity index (χ0) is 12.4. The van der Waals surface area contributed by atoms with E-state index in [2.05, 4.69) is 0 Å². The number of nitriles is 1. The van der Waals surface area contributed by atoms with Crippen LogP contribution in [-0.2, 0) is 0 Å². The van der Waals surface area contributed by atoms with Gasteiger partial charge in [0.05, 0.1) is 19.7 Å². The molecule has 1 aliphatic heterocycles. The summed E-state index contributed by atoms with van der Waals surface area (Å²) in [7, 11) is 3.31. The van der Waals surface area contributed by atoms with Crippen molar-refractivity contribution in [3.63, 3.8) is 0 Å². The Morgan fingerprint density at radius 2 is 2.06 bits per heavy atom. The maximum atomic E-state index is 11.6. The lowest BCUT2D eigenvalue weighted by Gasteiger charge is -2.17. The molecule has 17 heavy (non-hydrogen) atoms. The van der Waals surface area contributed by atoms with E-state index >= 15 is 0 Å². The number of ether oxygens (including phenoxy) is 1. The van der Waals surface area contributed by atoms with Gasteiger partial charge in [-0.05, 0) is 17.7 Å². The van der Waals surface area contributed by atoms with E-state index in [4.69, 9.17) is 10.00 Å². The summed E-state index contributed by atoms with van der Waals surface area (Å²) < 4.78 is 5.08. The van der Waals surface area contributed by atoms with Gasteiger partial charge in [0.15, 0.2) is 6.19 Å². The summed E-state index contributed by atoms with van der Waals surface area (Å²) in [5.41, 5.74) is 0.999. The molecule has 1 fully saturated rings. The Balaban J connectivity index is 2.23. The Morgan fingerprint density at radius 1 is 1.41 bits per heavy atom. The third kappa shape index (κ3) is 1.89. The molecule has 0 bridgehead atoms. The van der Waals surface area contributed by atoms with E-state index in [1.165, 1.54) is 0 Å². The van der Waals surface area contributed by atoms with E-state index in [0.29, 0.717) is 6.54 Å². The third-order valence-electron chi connectivity index (χ3n) is 2.98. The highest BCUT2D eigenvalue weighted by Gasteiger charge is 2.35. The second-order valence-corrected chi connectivity index (χ2v) is 3.89. The first-order valence-electron chi connectivity index (χ1n) is 5.25. The molecular weight excluding hydrogens is 218 g/mol. The highest BCUT2D eigenvalue weighted by Crippen LogP contribution is 2.28. The van der Waals surface area contributed by atoms with Crippen molar-refractivity contribution in [1.29, 1.82) is 5.26 Å². The number of nitrogens with zero attached hydrogens (tertiary/aromatic N) is 3. The lowest BCUT2D eigenvalue weighted by molar-refractivity contribution is 0.205. The van der Waals surface area contributed by atoms with Crippen LogP contribution in [0.2, 0.25) is 0 Å². The normalized spacial score (nSPS) is 19.4. The van der Waals surface area contributed by atoms with E-state index in [1.807, 2.05) is 30.5 Å². The maximum Gasteiger partial charge on any atom is 0.333 e. The first-order valence-corrected chi connectivity index (χ1v) is 5.25. The SMILES string of the molecule is COc1ccc(C2CN(C#N)C(=O)N2C)cc1. The van der Waals surface area contributed by atoms with Crippen LogP contribution in [0.5, 0.6) is 5.75 Å². The van der Waals surface area contributed by atoms with Crippen molar-refractivity contribution in [2.75, 3.05) is 20.7 Å². The fourth-order valence-corrected chi connectivity index (χ4v) is 1.94. The number of hydrogen-bond acceptors (Lipinski definition) is 3. The number of carbonyl (C=O) groups excluding carboxylic acids is 1. The molecule has 1 aromatic rings. The Kier molecular flexibility index (Phi) is 2.88. The minimum atomic E-state index is -0.256. The van der Waals surface area contributed by atoms with E-state index in [1.54, 1.807) is 19.1 Å². The topological polar surface area (TPSA) is 56.6 Å². The van der Waals surface area contributed by atoms with Crippen LogP contribution < -0.4 is 4.74 Å². The predicted molar refractivity (Wildman–Crippen MR) is 61.2 cm³/mol. The quantitative estimate of drug-likeness (QED) is 0.726. The smallest absolute Gasteiger partial charge is 0.333 e. The van der Waals surface area contributed by atoms with E-state index in [0.717, 1.165) is 16.2 Å². The fraction of sp³-hybridized carbons (Fsp3) is 0.333. The Hall–Kier alpha value is -2.22. The van der Waals surface area contributed by atoms with Crippen molar-refractivity contribution in [2.24, 2.45) is 0 Å². The molecule has 1 heterocycles. The Morgan fingerprint density at radius 3 is 2.53 bits per heavy atom. The van der Waals surface area contributed by atoms with Gasteiger partial charge >= 0.3 is 6.03 Å². The molecule has 5 heteroatoms. The molecule has 0 spiro atoms. The molecule has 88 valence electrons. The van der Waals surface area contributed by atoms with Crippen LogP contribution in [0.3, 0.4) is 0 Å². The molecule has 5 nitrogen and oxygen atoms in total. The van der Waals surface area contributed by atoms with Gasteiger partial charge < -0.3 is 9.64 Å². The molecule has 0 aliphatic carbocycles. The monoisotopic (exact) mass is 231 g/mol. The zero-order valence-corrected chi connectivity index (χ0v) is 9.75. The number of amides is 2. The summed E-state index contributed by atoms with van der Waals surface area (Å²) in [6.07, 6.45) is 1.88. The van der Waals surface area contributed by atoms with Crippen molar-refractivity contribution in [3.05, 3.63) is 29.8 Å². The van der Waals surface area contributed by atoms with E-state index in [-0.39, 0.29) is 12.1 Å². The van der Waals surface area contributed by atoms with Crippen molar-refractivity contribution >= 4 is 6.03 Å². The van der Waals surface area contributed by atoms with Gasteiger partial charge in [0.1, 0.15) is 5.75 Å². The number of hydrogen-bond donors (Lipinski definition) is 0. The predicted octanol–water partition coefficient (Wildman–Crippen LogP) is 1.58. The molecule has 2 amide bonds. The van der Waals surface area contributed by atoms with Crippen LogP contribution >= 0.6 is 0 Å². The molecule has 2 rings (SSSR count). The highest BCUT2D eigenvalue weighted by molar-refractivity contribution is 5.78. The summed E-state index contributed by atoms with van der Waals surface area (Å²) in [5.74, 6) is 0.776. The lowest BCUT2D eigenvalue weighted by Crippen LogP contribution is -2.26. The summed E-state index contributed by atoms with van der Waals surface area (Å²) in [4.78, 5) is 14.4. The van der Waals surface area contributed by atoms with Gasteiger partial charge in [-0.15, -0.1) is 0 Å². The molecule has 0 aromatic heterocycles. The molecule has 0 N–H and O–H groups in total. The van der Waals surface area contributed by atoms with E-state index in [9.17, 15) is 4.79 Å². The summed E-state index contributed by atoms with van der Waals surface area (Å²) >= 11 is 0. The van der Waals surface area contributed by atoms with Crippen LogP contribution in [0.1, 0.15) is 11.6 Å². The van der Waals surface area contributed by atoms with Crippen LogP contribution in [0.15, 0.2) is 24.3 Å². The minimum absolute atomic E-state index is 0.0759. The summed E-state index contributed by atoms with van der Waals surface area (Å²) in [5, 5.41) is 8.81. The Bertz CT molecular complexity index is 464. The van der Waals surface area contributed by atoms with Crippen molar-refractivity contribution in [2.45, 2.75) is 6.04 Å². The van der Waals surface area contributed by atoms with Gasteiger partial charge in [0, 0.05) is 7.05 Å². The molecule has 1 aromatic carbocycles. The number of benzene rings is 1. The summed E-state index contributed by atoms with van der Waals surface area (Å²) in [6.45, 7) is 0.401. The first-order chi connectivity index (χ1) is 8.17. The average Bonchev–Trinajstić information content (AvgIpc) is 2.66. The molecule has 0 saturated carbocycles. The molecule has 0 radical (unpaired) electrons. The Labute approximate surface area is 99.8 Å². The molecule has 1 saturated heterocycles. The molecule has 1 aliphatic rings. The van der Waals surface area contributed by atoms with Crippen molar-refractivity contribution in [1.82, 2.24) is 9.80 Å². The maximum absolute atomic E-state index is 11.6. The number of carbonyl (C=O) groups is 1. The van der Waals surface area contributed by atoms with E-state index < -0.39 is 0 Å². The fourth-order valence-electron chi connectivity index (χ4n) is 1.94.